The largest absolute Gasteiger partial charge is 0.460 e. The Bertz CT molecular complexity index is 612. The Morgan fingerprint density at radius 2 is 1.80 bits per heavy atom. The van der Waals surface area contributed by atoms with E-state index in [0.717, 1.165) is 66.8 Å². The fourth-order valence-corrected chi connectivity index (χ4v) is 2.73. The summed E-state index contributed by atoms with van der Waals surface area (Å²) in [6, 6.07) is 10.1. The number of halogens is 3. The number of nitrogens with zero attached hydrogens (tertiary/aromatic N) is 1. The number of furan rings is 1. The Labute approximate surface area is 168 Å². The summed E-state index contributed by atoms with van der Waals surface area (Å²) in [6.45, 7) is 11.6. The Balaban J connectivity index is 0.00000288. The SMILES string of the molecule is CCN(CC)CCCNCc1ccc(-c2ccc(C)c(Cl)c2)o1.Cl.Cl. The predicted molar refractivity (Wildman–Crippen MR) is 112 cm³/mol. The van der Waals surface area contributed by atoms with Crippen molar-refractivity contribution in [2.45, 2.75) is 33.7 Å². The van der Waals surface area contributed by atoms with Crippen molar-refractivity contribution in [3.8, 4) is 11.3 Å². The van der Waals surface area contributed by atoms with E-state index >= 15 is 0 Å². The van der Waals surface area contributed by atoms with E-state index in [4.69, 9.17) is 16.0 Å². The molecule has 0 amide bonds. The average Bonchev–Trinajstić information content (AvgIpc) is 3.02. The highest BCUT2D eigenvalue weighted by Crippen LogP contribution is 2.26. The van der Waals surface area contributed by atoms with Crippen LogP contribution in [0.25, 0.3) is 11.3 Å². The van der Waals surface area contributed by atoms with Crippen molar-refractivity contribution in [1.82, 2.24) is 10.2 Å². The first kappa shape index (κ1) is 24.3. The Kier molecular flexibility index (Phi) is 12.3. The molecule has 0 bridgehead atoms. The van der Waals surface area contributed by atoms with Gasteiger partial charge in [-0.3, -0.25) is 0 Å². The normalized spacial score (nSPS) is 10.4. The fourth-order valence-electron chi connectivity index (χ4n) is 2.55. The summed E-state index contributed by atoms with van der Waals surface area (Å²) >= 11 is 6.18. The molecule has 0 fully saturated rings. The summed E-state index contributed by atoms with van der Waals surface area (Å²) in [5.41, 5.74) is 2.10. The molecule has 0 unspecified atom stereocenters. The van der Waals surface area contributed by atoms with Gasteiger partial charge in [0, 0.05) is 10.6 Å². The monoisotopic (exact) mass is 406 g/mol. The molecule has 2 rings (SSSR count). The van der Waals surface area contributed by atoms with Crippen LogP contribution in [0.15, 0.2) is 34.7 Å². The molecule has 1 N–H and O–H groups in total. The molecule has 1 aromatic heterocycles. The highest BCUT2D eigenvalue weighted by atomic mass is 35.5. The van der Waals surface area contributed by atoms with Gasteiger partial charge in [-0.05, 0) is 63.3 Å². The fraction of sp³-hybridized carbons (Fsp3) is 0.474. The van der Waals surface area contributed by atoms with Crippen LogP contribution in [0.2, 0.25) is 5.02 Å². The van der Waals surface area contributed by atoms with E-state index in [0.29, 0.717) is 0 Å². The standard InChI is InChI=1S/C19H27ClN2O.2ClH/c1-4-22(5-2)12-6-11-21-14-17-9-10-19(23-17)16-8-7-15(3)18(20)13-16;;/h7-10,13,21H,4-6,11-12,14H2,1-3H3;2*1H. The van der Waals surface area contributed by atoms with Gasteiger partial charge in [-0.2, -0.15) is 0 Å². The molecule has 6 heteroatoms. The summed E-state index contributed by atoms with van der Waals surface area (Å²) in [6.07, 6.45) is 1.16. The summed E-state index contributed by atoms with van der Waals surface area (Å²) in [4.78, 5) is 2.44. The van der Waals surface area contributed by atoms with Crippen LogP contribution in [-0.2, 0) is 6.54 Å². The molecule has 0 aliphatic rings. The molecule has 0 atom stereocenters. The highest BCUT2D eigenvalue weighted by molar-refractivity contribution is 6.31. The van der Waals surface area contributed by atoms with Crippen molar-refractivity contribution in [2.75, 3.05) is 26.2 Å². The maximum atomic E-state index is 6.18. The van der Waals surface area contributed by atoms with E-state index in [9.17, 15) is 0 Å². The van der Waals surface area contributed by atoms with Crippen LogP contribution in [0.5, 0.6) is 0 Å². The number of nitrogens with one attached hydrogen (secondary N) is 1. The molecular weight excluding hydrogens is 379 g/mol. The zero-order valence-electron chi connectivity index (χ0n) is 15.2. The molecule has 0 spiro atoms. The van der Waals surface area contributed by atoms with E-state index in [1.807, 2.05) is 37.3 Å². The van der Waals surface area contributed by atoms with Gasteiger partial charge in [-0.1, -0.05) is 37.6 Å². The van der Waals surface area contributed by atoms with Crippen molar-refractivity contribution in [2.24, 2.45) is 0 Å². The molecule has 25 heavy (non-hydrogen) atoms. The van der Waals surface area contributed by atoms with Gasteiger partial charge >= 0.3 is 0 Å². The van der Waals surface area contributed by atoms with E-state index in [1.165, 1.54) is 0 Å². The van der Waals surface area contributed by atoms with Gasteiger partial charge in [0.05, 0.1) is 6.54 Å². The maximum Gasteiger partial charge on any atom is 0.134 e. The highest BCUT2D eigenvalue weighted by Gasteiger charge is 2.06. The zero-order valence-corrected chi connectivity index (χ0v) is 17.6. The van der Waals surface area contributed by atoms with Gasteiger partial charge in [0.25, 0.3) is 0 Å². The minimum atomic E-state index is 0. The molecule has 142 valence electrons. The number of hydrogen-bond acceptors (Lipinski definition) is 3. The van der Waals surface area contributed by atoms with Crippen LogP contribution in [-0.4, -0.2) is 31.1 Å². The first-order valence-corrected chi connectivity index (χ1v) is 8.80. The lowest BCUT2D eigenvalue weighted by Crippen LogP contribution is -2.27. The first-order chi connectivity index (χ1) is 11.1. The van der Waals surface area contributed by atoms with Crippen LogP contribution in [0.4, 0.5) is 0 Å². The third kappa shape index (κ3) is 7.59. The van der Waals surface area contributed by atoms with Crippen molar-refractivity contribution in [1.29, 1.82) is 0 Å². The topological polar surface area (TPSA) is 28.4 Å². The quantitative estimate of drug-likeness (QED) is 0.550. The van der Waals surface area contributed by atoms with Gasteiger partial charge in [0.1, 0.15) is 11.5 Å². The summed E-state index contributed by atoms with van der Waals surface area (Å²) in [5, 5.41) is 4.22. The maximum absolute atomic E-state index is 6.18. The van der Waals surface area contributed by atoms with Gasteiger partial charge in [0.2, 0.25) is 0 Å². The minimum absolute atomic E-state index is 0. The smallest absolute Gasteiger partial charge is 0.134 e. The van der Waals surface area contributed by atoms with Gasteiger partial charge < -0.3 is 14.6 Å². The van der Waals surface area contributed by atoms with Crippen molar-refractivity contribution >= 4 is 36.4 Å². The molecule has 0 saturated carbocycles. The Hall–Kier alpha value is -0.710. The van der Waals surface area contributed by atoms with Gasteiger partial charge in [-0.25, -0.2) is 0 Å². The number of benzene rings is 1. The lowest BCUT2D eigenvalue weighted by atomic mass is 10.1. The summed E-state index contributed by atoms with van der Waals surface area (Å²) in [7, 11) is 0. The molecule has 0 radical (unpaired) electrons. The van der Waals surface area contributed by atoms with E-state index in [-0.39, 0.29) is 24.8 Å². The molecule has 1 heterocycles. The zero-order chi connectivity index (χ0) is 16.7. The number of rotatable bonds is 9. The lowest BCUT2D eigenvalue weighted by Gasteiger charge is -2.17. The van der Waals surface area contributed by atoms with Crippen molar-refractivity contribution < 1.29 is 4.42 Å². The molecule has 1 aromatic carbocycles. The number of aryl methyl sites for hydroxylation is 1. The third-order valence-corrected chi connectivity index (χ3v) is 4.55. The summed E-state index contributed by atoms with van der Waals surface area (Å²) in [5.74, 6) is 1.83. The summed E-state index contributed by atoms with van der Waals surface area (Å²) < 4.78 is 5.90. The number of hydrogen-bond donors (Lipinski definition) is 1. The van der Waals surface area contributed by atoms with E-state index < -0.39 is 0 Å². The lowest BCUT2D eigenvalue weighted by molar-refractivity contribution is 0.297. The molecule has 0 aliphatic heterocycles. The van der Waals surface area contributed by atoms with E-state index in [1.54, 1.807) is 0 Å². The molecule has 3 nitrogen and oxygen atoms in total. The third-order valence-electron chi connectivity index (χ3n) is 4.14. The average molecular weight is 408 g/mol. The molecule has 2 aromatic rings. The molecule has 0 aliphatic carbocycles. The second-order valence-electron chi connectivity index (χ2n) is 5.79. The second kappa shape index (κ2) is 12.6. The van der Waals surface area contributed by atoms with Crippen LogP contribution in [0.1, 0.15) is 31.6 Å². The van der Waals surface area contributed by atoms with Crippen molar-refractivity contribution in [3.05, 3.63) is 46.7 Å². The predicted octanol–water partition coefficient (Wildman–Crippen LogP) is 5.57. The second-order valence-corrected chi connectivity index (χ2v) is 6.19. The Morgan fingerprint density at radius 3 is 2.44 bits per heavy atom. The van der Waals surface area contributed by atoms with Crippen LogP contribution >= 0.6 is 36.4 Å². The van der Waals surface area contributed by atoms with Gasteiger partial charge in [0.15, 0.2) is 0 Å². The van der Waals surface area contributed by atoms with Crippen LogP contribution in [0.3, 0.4) is 0 Å². The van der Waals surface area contributed by atoms with Crippen LogP contribution in [0, 0.1) is 6.92 Å². The van der Waals surface area contributed by atoms with Crippen LogP contribution < -0.4 is 5.32 Å². The van der Waals surface area contributed by atoms with E-state index in [2.05, 4.69) is 24.1 Å². The Morgan fingerprint density at radius 1 is 1.08 bits per heavy atom. The first-order valence-electron chi connectivity index (χ1n) is 8.42. The van der Waals surface area contributed by atoms with Gasteiger partial charge in [-0.15, -0.1) is 24.8 Å². The molecule has 0 saturated heterocycles. The van der Waals surface area contributed by atoms with Crippen molar-refractivity contribution in [3.63, 3.8) is 0 Å². The molecular formula is C19H29Cl3N2O. The minimum Gasteiger partial charge on any atom is -0.460 e.